The van der Waals surface area contributed by atoms with Gasteiger partial charge in [-0.3, -0.25) is 0 Å². The predicted molar refractivity (Wildman–Crippen MR) is 53.5 cm³/mol. The summed E-state index contributed by atoms with van der Waals surface area (Å²) >= 11 is 0. The van der Waals surface area contributed by atoms with E-state index in [4.69, 9.17) is 9.84 Å². The highest BCUT2D eigenvalue weighted by atomic mass is 16.7. The van der Waals surface area contributed by atoms with Gasteiger partial charge >= 0.3 is 5.97 Å². The molecule has 0 radical (unpaired) electrons. The van der Waals surface area contributed by atoms with E-state index >= 15 is 0 Å². The summed E-state index contributed by atoms with van der Waals surface area (Å²) in [7, 11) is 1.55. The van der Waals surface area contributed by atoms with E-state index in [0.29, 0.717) is 11.3 Å². The number of carbonyl (C=O) groups excluding carboxylic acids is 1. The van der Waals surface area contributed by atoms with Crippen molar-refractivity contribution in [3.05, 3.63) is 29.8 Å². The summed E-state index contributed by atoms with van der Waals surface area (Å²) < 4.78 is 4.95. The van der Waals surface area contributed by atoms with Gasteiger partial charge in [-0.15, -0.1) is 0 Å². The van der Waals surface area contributed by atoms with Crippen molar-refractivity contribution >= 4 is 5.97 Å². The van der Waals surface area contributed by atoms with Gasteiger partial charge in [0.1, 0.15) is 5.75 Å². The van der Waals surface area contributed by atoms with Gasteiger partial charge in [-0.1, -0.05) is 0 Å². The molecule has 0 aliphatic rings. The number of rotatable bonds is 5. The Balaban J connectivity index is 2.50. The maximum absolute atomic E-state index is 11.3. The zero-order valence-corrected chi connectivity index (χ0v) is 8.40. The molecular weight excluding hydrogens is 198 g/mol. The predicted octanol–water partition coefficient (Wildman–Crippen LogP) is 0.349. The molecule has 0 spiro atoms. The molecule has 1 aromatic rings. The van der Waals surface area contributed by atoms with E-state index < -0.39 is 5.97 Å². The van der Waals surface area contributed by atoms with E-state index in [-0.39, 0.29) is 13.2 Å². The second kappa shape index (κ2) is 6.00. The Labute approximate surface area is 87.6 Å². The van der Waals surface area contributed by atoms with Gasteiger partial charge in [0.05, 0.1) is 25.8 Å². The number of carbonyl (C=O) groups is 1. The van der Waals surface area contributed by atoms with Gasteiger partial charge in [-0.25, -0.2) is 4.79 Å². The minimum absolute atomic E-state index is 0.0874. The molecule has 2 N–H and O–H groups in total. The van der Waals surface area contributed by atoms with Gasteiger partial charge in [0.25, 0.3) is 0 Å². The average Bonchev–Trinajstić information content (AvgIpc) is 2.29. The maximum Gasteiger partial charge on any atom is 0.356 e. The molecule has 0 atom stereocenters. The molecule has 1 aromatic carbocycles. The van der Waals surface area contributed by atoms with Gasteiger partial charge in [0.2, 0.25) is 0 Å². The normalized spacial score (nSPS) is 9.73. The molecule has 82 valence electrons. The Morgan fingerprint density at radius 2 is 2.07 bits per heavy atom. The van der Waals surface area contributed by atoms with Crippen LogP contribution in [0.4, 0.5) is 0 Å². The van der Waals surface area contributed by atoms with Crippen molar-refractivity contribution in [1.29, 1.82) is 0 Å². The van der Waals surface area contributed by atoms with Crippen LogP contribution < -0.4 is 10.2 Å². The van der Waals surface area contributed by atoms with E-state index in [1.807, 2.05) is 0 Å². The molecule has 0 bridgehead atoms. The highest BCUT2D eigenvalue weighted by molar-refractivity contribution is 5.89. The van der Waals surface area contributed by atoms with Crippen LogP contribution in [0.1, 0.15) is 10.4 Å². The Kier molecular flexibility index (Phi) is 4.59. The fraction of sp³-hybridized carbons (Fsp3) is 0.300. The lowest BCUT2D eigenvalue weighted by Gasteiger charge is -2.04. The van der Waals surface area contributed by atoms with Crippen LogP contribution in [-0.2, 0) is 4.84 Å². The fourth-order valence-electron chi connectivity index (χ4n) is 0.948. The summed E-state index contributed by atoms with van der Waals surface area (Å²) in [6.07, 6.45) is 0. The number of hydrogen-bond acceptors (Lipinski definition) is 5. The van der Waals surface area contributed by atoms with Crippen molar-refractivity contribution in [2.24, 2.45) is 0 Å². The standard InChI is InChI=1S/C10H13NO4/c1-14-9-4-2-8(3-5-9)10(13)15-11-6-7-12/h2-5,11-12H,6-7H2,1H3. The summed E-state index contributed by atoms with van der Waals surface area (Å²) in [5, 5.41) is 8.45. The molecule has 0 heterocycles. The van der Waals surface area contributed by atoms with E-state index in [0.717, 1.165) is 0 Å². The minimum Gasteiger partial charge on any atom is -0.497 e. The van der Waals surface area contributed by atoms with Crippen molar-refractivity contribution in [2.75, 3.05) is 20.3 Å². The lowest BCUT2D eigenvalue weighted by molar-refractivity contribution is 0.0223. The van der Waals surface area contributed by atoms with Crippen molar-refractivity contribution in [1.82, 2.24) is 5.48 Å². The average molecular weight is 211 g/mol. The van der Waals surface area contributed by atoms with E-state index in [2.05, 4.69) is 10.3 Å². The Bertz CT molecular complexity index is 310. The molecule has 0 aliphatic heterocycles. The summed E-state index contributed by atoms with van der Waals surface area (Å²) in [6, 6.07) is 6.54. The number of hydrogen-bond donors (Lipinski definition) is 2. The zero-order valence-electron chi connectivity index (χ0n) is 8.40. The third kappa shape index (κ3) is 3.57. The van der Waals surface area contributed by atoms with Gasteiger partial charge in [-0.2, -0.15) is 5.48 Å². The Hall–Kier alpha value is -1.59. The molecule has 5 heteroatoms. The smallest absolute Gasteiger partial charge is 0.356 e. The molecule has 0 saturated carbocycles. The van der Waals surface area contributed by atoms with E-state index in [9.17, 15) is 4.79 Å². The third-order valence-electron chi connectivity index (χ3n) is 1.70. The van der Waals surface area contributed by atoms with Crippen LogP contribution in [0.2, 0.25) is 0 Å². The third-order valence-corrected chi connectivity index (χ3v) is 1.70. The number of ether oxygens (including phenoxy) is 1. The van der Waals surface area contributed by atoms with Crippen LogP contribution in [0.25, 0.3) is 0 Å². The fourth-order valence-corrected chi connectivity index (χ4v) is 0.948. The second-order valence-corrected chi connectivity index (χ2v) is 2.74. The molecule has 0 saturated heterocycles. The first-order valence-corrected chi connectivity index (χ1v) is 4.47. The Morgan fingerprint density at radius 1 is 1.40 bits per heavy atom. The van der Waals surface area contributed by atoms with E-state index in [1.165, 1.54) is 0 Å². The minimum atomic E-state index is -0.494. The summed E-state index contributed by atoms with van der Waals surface area (Å²) in [6.45, 7) is 0.123. The second-order valence-electron chi connectivity index (χ2n) is 2.74. The van der Waals surface area contributed by atoms with Crippen LogP contribution >= 0.6 is 0 Å². The summed E-state index contributed by atoms with van der Waals surface area (Å²) in [4.78, 5) is 16.0. The first kappa shape index (κ1) is 11.5. The molecule has 0 amide bonds. The van der Waals surface area contributed by atoms with Crippen LogP contribution in [-0.4, -0.2) is 31.3 Å². The van der Waals surface area contributed by atoms with E-state index in [1.54, 1.807) is 31.4 Å². The molecule has 1 rings (SSSR count). The summed E-state index contributed by atoms with van der Waals surface area (Å²) in [5.74, 6) is 0.181. The van der Waals surface area contributed by atoms with Crippen molar-refractivity contribution in [3.63, 3.8) is 0 Å². The van der Waals surface area contributed by atoms with Gasteiger partial charge in [-0.05, 0) is 24.3 Å². The van der Waals surface area contributed by atoms with Gasteiger partial charge in [0, 0.05) is 0 Å². The molecule has 0 unspecified atom stereocenters. The zero-order chi connectivity index (χ0) is 11.1. The van der Waals surface area contributed by atoms with Gasteiger partial charge in [0.15, 0.2) is 0 Å². The van der Waals surface area contributed by atoms with Crippen molar-refractivity contribution < 1.29 is 19.5 Å². The lowest BCUT2D eigenvalue weighted by Crippen LogP contribution is -2.22. The molecule has 15 heavy (non-hydrogen) atoms. The molecule has 0 fully saturated rings. The topological polar surface area (TPSA) is 67.8 Å². The maximum atomic E-state index is 11.3. The largest absolute Gasteiger partial charge is 0.497 e. The van der Waals surface area contributed by atoms with Crippen LogP contribution in [0.15, 0.2) is 24.3 Å². The first-order valence-electron chi connectivity index (χ1n) is 4.47. The number of aliphatic hydroxyl groups excluding tert-OH is 1. The van der Waals surface area contributed by atoms with Crippen LogP contribution in [0.3, 0.4) is 0 Å². The molecule has 5 nitrogen and oxygen atoms in total. The number of nitrogens with one attached hydrogen (secondary N) is 1. The van der Waals surface area contributed by atoms with Crippen LogP contribution in [0, 0.1) is 0 Å². The number of hydroxylamine groups is 1. The van der Waals surface area contributed by atoms with Gasteiger partial charge < -0.3 is 14.7 Å². The number of methoxy groups -OCH3 is 1. The SMILES string of the molecule is COc1ccc(C(=O)ONCCO)cc1. The highest BCUT2D eigenvalue weighted by Gasteiger charge is 2.06. The highest BCUT2D eigenvalue weighted by Crippen LogP contribution is 2.11. The number of benzene rings is 1. The van der Waals surface area contributed by atoms with Crippen molar-refractivity contribution in [3.8, 4) is 5.75 Å². The van der Waals surface area contributed by atoms with Crippen LogP contribution in [0.5, 0.6) is 5.75 Å². The molecule has 0 aromatic heterocycles. The first-order chi connectivity index (χ1) is 7.27. The molecule has 0 aliphatic carbocycles. The van der Waals surface area contributed by atoms with Crippen molar-refractivity contribution in [2.45, 2.75) is 0 Å². The number of aliphatic hydroxyl groups is 1. The monoisotopic (exact) mass is 211 g/mol. The Morgan fingerprint density at radius 3 is 2.60 bits per heavy atom. The summed E-state index contributed by atoms with van der Waals surface area (Å²) in [5.41, 5.74) is 2.75. The quantitative estimate of drug-likeness (QED) is 0.543. The lowest BCUT2D eigenvalue weighted by atomic mass is 10.2. The molecular formula is C10H13NO4.